The molecular weight excluding hydrogens is 388 g/mol. The van der Waals surface area contributed by atoms with Crippen molar-refractivity contribution in [1.29, 1.82) is 0 Å². The van der Waals surface area contributed by atoms with E-state index in [9.17, 15) is 9.59 Å². The van der Waals surface area contributed by atoms with Gasteiger partial charge in [-0.2, -0.15) is 0 Å². The number of hydrogen-bond donors (Lipinski definition) is 2. The van der Waals surface area contributed by atoms with Crippen LogP contribution in [0, 0.1) is 6.92 Å². The summed E-state index contributed by atoms with van der Waals surface area (Å²) >= 11 is 0. The Bertz CT molecular complexity index is 952. The molecule has 0 aromatic heterocycles. The maximum atomic E-state index is 12.5. The number of rotatable bonds is 5. The fourth-order valence-corrected chi connectivity index (χ4v) is 4.70. The lowest BCUT2D eigenvalue weighted by molar-refractivity contribution is -0.136. The van der Waals surface area contributed by atoms with Crippen molar-refractivity contribution in [2.75, 3.05) is 43.4 Å². The van der Waals surface area contributed by atoms with Gasteiger partial charge in [0.25, 0.3) is 0 Å². The van der Waals surface area contributed by atoms with E-state index in [-0.39, 0.29) is 6.04 Å². The molecule has 1 atom stereocenters. The third kappa shape index (κ3) is 5.07. The van der Waals surface area contributed by atoms with Crippen molar-refractivity contribution >= 4 is 23.2 Å². The number of anilines is 2. The highest BCUT2D eigenvalue weighted by Crippen LogP contribution is 2.31. The first kappa shape index (κ1) is 21.4. The minimum atomic E-state index is -0.627. The summed E-state index contributed by atoms with van der Waals surface area (Å²) in [6.45, 7) is 5.51. The predicted molar refractivity (Wildman–Crippen MR) is 124 cm³/mol. The Hall–Kier alpha value is -2.86. The first-order valence-electron chi connectivity index (χ1n) is 11.2. The fourth-order valence-electron chi connectivity index (χ4n) is 4.70. The molecule has 2 aromatic carbocycles. The van der Waals surface area contributed by atoms with Crippen LogP contribution < -0.4 is 15.5 Å². The molecule has 0 saturated carbocycles. The molecule has 164 valence electrons. The number of hydrogen-bond acceptors (Lipinski definition) is 4. The number of carbonyl (C=O) groups excluding carboxylic acids is 2. The Balaban J connectivity index is 1.45. The van der Waals surface area contributed by atoms with Crippen LogP contribution in [0.5, 0.6) is 0 Å². The smallest absolute Gasteiger partial charge is 0.313 e. The van der Waals surface area contributed by atoms with E-state index < -0.39 is 11.8 Å². The zero-order valence-corrected chi connectivity index (χ0v) is 18.5. The van der Waals surface area contributed by atoms with Crippen LogP contribution in [0.2, 0.25) is 0 Å². The molecule has 2 aliphatic rings. The van der Waals surface area contributed by atoms with Crippen molar-refractivity contribution in [2.45, 2.75) is 38.6 Å². The number of carbonyl (C=O) groups is 2. The summed E-state index contributed by atoms with van der Waals surface area (Å²) in [5.74, 6) is -1.22. The van der Waals surface area contributed by atoms with E-state index in [1.807, 2.05) is 25.1 Å². The molecule has 2 aromatic rings. The summed E-state index contributed by atoms with van der Waals surface area (Å²) in [5, 5.41) is 5.57. The molecule has 6 heteroatoms. The van der Waals surface area contributed by atoms with E-state index >= 15 is 0 Å². The van der Waals surface area contributed by atoms with Crippen molar-refractivity contribution in [2.24, 2.45) is 0 Å². The molecule has 2 heterocycles. The van der Waals surface area contributed by atoms with Gasteiger partial charge in [0.05, 0.1) is 6.04 Å². The normalized spacial score (nSPS) is 17.2. The lowest BCUT2D eigenvalue weighted by atomic mass is 9.96. The van der Waals surface area contributed by atoms with E-state index in [4.69, 9.17) is 0 Å². The van der Waals surface area contributed by atoms with Gasteiger partial charge in [0.2, 0.25) is 0 Å². The van der Waals surface area contributed by atoms with E-state index in [1.54, 1.807) is 6.07 Å². The van der Waals surface area contributed by atoms with Gasteiger partial charge in [0, 0.05) is 31.5 Å². The molecule has 4 rings (SSSR count). The first-order chi connectivity index (χ1) is 15.0. The third-order valence-electron chi connectivity index (χ3n) is 6.36. The third-order valence-corrected chi connectivity index (χ3v) is 6.36. The minimum Gasteiger partial charge on any atom is -0.374 e. The molecule has 0 bridgehead atoms. The van der Waals surface area contributed by atoms with Crippen LogP contribution >= 0.6 is 0 Å². The van der Waals surface area contributed by atoms with Gasteiger partial charge in [0.1, 0.15) is 0 Å². The van der Waals surface area contributed by atoms with Crippen molar-refractivity contribution < 1.29 is 9.59 Å². The molecule has 2 N–H and O–H groups in total. The van der Waals surface area contributed by atoms with Crippen LogP contribution in [0.3, 0.4) is 0 Å². The van der Waals surface area contributed by atoms with Crippen LogP contribution in [0.1, 0.15) is 42.0 Å². The number of likely N-dealkylation sites (tertiary alicyclic amines) is 1. The van der Waals surface area contributed by atoms with Crippen LogP contribution in [0.15, 0.2) is 42.5 Å². The van der Waals surface area contributed by atoms with Crippen LogP contribution in [0.25, 0.3) is 0 Å². The topological polar surface area (TPSA) is 64.7 Å². The lowest BCUT2D eigenvalue weighted by Gasteiger charge is -2.31. The van der Waals surface area contributed by atoms with E-state index in [1.165, 1.54) is 29.7 Å². The van der Waals surface area contributed by atoms with Gasteiger partial charge in [-0.05, 0) is 80.6 Å². The Kier molecular flexibility index (Phi) is 6.56. The van der Waals surface area contributed by atoms with E-state index in [0.717, 1.165) is 38.0 Å². The highest BCUT2D eigenvalue weighted by molar-refractivity contribution is 6.39. The van der Waals surface area contributed by atoms with Gasteiger partial charge in [-0.15, -0.1) is 0 Å². The molecule has 0 aliphatic carbocycles. The number of nitrogens with zero attached hydrogens (tertiary/aromatic N) is 2. The van der Waals surface area contributed by atoms with Crippen LogP contribution in [-0.2, 0) is 16.0 Å². The summed E-state index contributed by atoms with van der Waals surface area (Å²) < 4.78 is 0. The maximum Gasteiger partial charge on any atom is 0.313 e. The second-order valence-corrected chi connectivity index (χ2v) is 8.71. The molecular formula is C25H32N4O2. The molecule has 1 fully saturated rings. The molecule has 0 unspecified atom stereocenters. The SMILES string of the molecule is Cc1cccc(NC(=O)C(=O)NC[C@H](c2ccc3c(c2)CCCN3C)N2CCCC2)c1. The van der Waals surface area contributed by atoms with Gasteiger partial charge in [0.15, 0.2) is 0 Å². The van der Waals surface area contributed by atoms with E-state index in [0.29, 0.717) is 12.2 Å². The summed E-state index contributed by atoms with van der Waals surface area (Å²) in [5.41, 5.74) is 5.56. The average Bonchev–Trinajstić information content (AvgIpc) is 3.28. The summed E-state index contributed by atoms with van der Waals surface area (Å²) in [6, 6.07) is 14.2. The molecule has 0 spiro atoms. The molecule has 2 amide bonds. The molecule has 6 nitrogen and oxygen atoms in total. The Morgan fingerprint density at radius 3 is 2.58 bits per heavy atom. The molecule has 1 saturated heterocycles. The molecule has 31 heavy (non-hydrogen) atoms. The predicted octanol–water partition coefficient (Wildman–Crippen LogP) is 3.27. The van der Waals surface area contributed by atoms with Gasteiger partial charge >= 0.3 is 11.8 Å². The number of nitrogens with one attached hydrogen (secondary N) is 2. The van der Waals surface area contributed by atoms with Crippen molar-refractivity contribution in [1.82, 2.24) is 10.2 Å². The number of aryl methyl sites for hydroxylation is 2. The number of fused-ring (bicyclic) bond motifs is 1. The quantitative estimate of drug-likeness (QED) is 0.729. The van der Waals surface area contributed by atoms with Gasteiger partial charge < -0.3 is 15.5 Å². The van der Waals surface area contributed by atoms with E-state index in [2.05, 4.69) is 45.7 Å². The average molecular weight is 421 g/mol. The molecule has 0 radical (unpaired) electrons. The van der Waals surface area contributed by atoms with Crippen molar-refractivity contribution in [3.8, 4) is 0 Å². The Morgan fingerprint density at radius 1 is 1.00 bits per heavy atom. The summed E-state index contributed by atoms with van der Waals surface area (Å²) in [6.07, 6.45) is 4.60. The Labute approximate surface area is 184 Å². The zero-order chi connectivity index (χ0) is 21.8. The number of benzene rings is 2. The Morgan fingerprint density at radius 2 is 1.81 bits per heavy atom. The standard InChI is InChI=1S/C25H32N4O2/c1-18-7-5-9-21(15-18)27-25(31)24(30)26-17-23(29-13-3-4-14-29)20-10-11-22-19(16-20)8-6-12-28(22)2/h5,7,9-11,15-16,23H,3-4,6,8,12-14,17H2,1-2H3,(H,26,30)(H,27,31)/t23-/m1/s1. The highest BCUT2D eigenvalue weighted by atomic mass is 16.2. The van der Waals surface area contributed by atoms with Crippen molar-refractivity contribution in [3.63, 3.8) is 0 Å². The minimum absolute atomic E-state index is 0.0794. The summed E-state index contributed by atoms with van der Waals surface area (Å²) in [7, 11) is 2.14. The van der Waals surface area contributed by atoms with Crippen LogP contribution in [0.4, 0.5) is 11.4 Å². The van der Waals surface area contributed by atoms with Crippen molar-refractivity contribution in [3.05, 3.63) is 59.2 Å². The maximum absolute atomic E-state index is 12.5. The molecule has 2 aliphatic heterocycles. The van der Waals surface area contributed by atoms with Crippen LogP contribution in [-0.4, -0.2) is 49.9 Å². The zero-order valence-electron chi connectivity index (χ0n) is 18.5. The largest absolute Gasteiger partial charge is 0.374 e. The first-order valence-corrected chi connectivity index (χ1v) is 11.2. The fraction of sp³-hybridized carbons (Fsp3) is 0.440. The number of amides is 2. The second kappa shape index (κ2) is 9.52. The second-order valence-electron chi connectivity index (χ2n) is 8.71. The monoisotopic (exact) mass is 420 g/mol. The van der Waals surface area contributed by atoms with Gasteiger partial charge in [-0.1, -0.05) is 24.3 Å². The lowest BCUT2D eigenvalue weighted by Crippen LogP contribution is -2.41. The van der Waals surface area contributed by atoms with Gasteiger partial charge in [-0.25, -0.2) is 0 Å². The van der Waals surface area contributed by atoms with Gasteiger partial charge in [-0.3, -0.25) is 14.5 Å². The summed E-state index contributed by atoms with van der Waals surface area (Å²) in [4.78, 5) is 29.6. The highest BCUT2D eigenvalue weighted by Gasteiger charge is 2.26.